The Balaban J connectivity index is 2.82. The van der Waals surface area contributed by atoms with Crippen LogP contribution in [-0.2, 0) is 0 Å². The molecule has 0 radical (unpaired) electrons. The first-order valence-corrected chi connectivity index (χ1v) is 2.78. The van der Waals surface area contributed by atoms with E-state index in [0.29, 0.717) is 5.78 Å². The van der Waals surface area contributed by atoms with Gasteiger partial charge in [0.1, 0.15) is 0 Å². The molecule has 0 bridgehead atoms. The van der Waals surface area contributed by atoms with Crippen LogP contribution >= 0.6 is 0 Å². The van der Waals surface area contributed by atoms with E-state index in [1.807, 2.05) is 0 Å². The van der Waals surface area contributed by atoms with E-state index in [0.717, 1.165) is 19.3 Å². The molecule has 0 heterocycles. The predicted octanol–water partition coefficient (Wildman–Crippen LogP) is 1.74. The van der Waals surface area contributed by atoms with E-state index in [1.54, 1.807) is 6.92 Å². The second-order valence-electron chi connectivity index (χ2n) is 1.84. The summed E-state index contributed by atoms with van der Waals surface area (Å²) in [7, 11) is 0. The van der Waals surface area contributed by atoms with E-state index in [-0.39, 0.29) is 0 Å². The highest BCUT2D eigenvalue weighted by atomic mass is 16.1. The average Bonchev–Trinajstić information content (AvgIpc) is 1.61. The molecule has 0 unspecified atom stereocenters. The Kier molecular flexibility index (Phi) is 3.67. The van der Waals surface area contributed by atoms with Crippen LogP contribution in [-0.4, -0.2) is 10.6 Å². The highest BCUT2D eigenvalue weighted by Crippen LogP contribution is 1.92. The minimum Gasteiger partial charge on any atom is -0.284 e. The van der Waals surface area contributed by atoms with E-state index in [9.17, 15) is 0 Å². The summed E-state index contributed by atoms with van der Waals surface area (Å²) in [5, 5.41) is 0. The molecule has 0 atom stereocenters. The van der Waals surface area contributed by atoms with Gasteiger partial charge in [-0.05, 0) is 6.42 Å². The standard InChI is InChI=1S/C6H12O/c1-3-4-5-6(2)7/h3-5H2,1-2H3/p+1. The van der Waals surface area contributed by atoms with E-state index >= 15 is 0 Å². The topological polar surface area (TPSA) is 21.4 Å². The second kappa shape index (κ2) is 3.85. The molecule has 0 rings (SSSR count). The summed E-state index contributed by atoms with van der Waals surface area (Å²) in [5.74, 6) is 0.557. The third-order valence-corrected chi connectivity index (χ3v) is 0.892. The molecule has 7 heavy (non-hydrogen) atoms. The van der Waals surface area contributed by atoms with Crippen LogP contribution < -0.4 is 0 Å². The maximum absolute atomic E-state index is 8.60. The number of carbonyl (C=O) groups excluding carboxylic acids is 1. The number of hydrogen-bond donors (Lipinski definition) is 0. The molecule has 42 valence electrons. The molecular weight excluding hydrogens is 88.1 g/mol. The second-order valence-corrected chi connectivity index (χ2v) is 1.84. The monoisotopic (exact) mass is 101 g/mol. The van der Waals surface area contributed by atoms with Crippen molar-refractivity contribution in [2.45, 2.75) is 33.1 Å². The first-order valence-electron chi connectivity index (χ1n) is 2.78. The summed E-state index contributed by atoms with van der Waals surface area (Å²) in [6.45, 7) is 3.86. The van der Waals surface area contributed by atoms with E-state index in [1.165, 1.54) is 0 Å². The van der Waals surface area contributed by atoms with E-state index in [4.69, 9.17) is 4.79 Å². The lowest BCUT2D eigenvalue weighted by Gasteiger charge is -1.82. The number of rotatable bonds is 3. The zero-order chi connectivity index (χ0) is 5.70. The molecule has 0 aromatic rings. The minimum absolute atomic E-state index is 0.557. The van der Waals surface area contributed by atoms with Crippen molar-refractivity contribution in [3.05, 3.63) is 0 Å². The van der Waals surface area contributed by atoms with Gasteiger partial charge in [0, 0.05) is 6.92 Å². The van der Waals surface area contributed by atoms with Gasteiger partial charge in [0.05, 0.1) is 6.42 Å². The molecule has 0 aromatic heterocycles. The largest absolute Gasteiger partial charge is 0.290 e. The van der Waals surface area contributed by atoms with Crippen LogP contribution in [0.25, 0.3) is 0 Å². The molecule has 0 aliphatic rings. The van der Waals surface area contributed by atoms with Crippen LogP contribution in [0.4, 0.5) is 0 Å². The molecule has 1 N–H and O–H groups in total. The molecule has 0 amide bonds. The molecule has 0 aliphatic heterocycles. The number of ketones is 1. The Bertz CT molecular complexity index is 57.2. The van der Waals surface area contributed by atoms with Gasteiger partial charge in [0.15, 0.2) is 0 Å². The Morgan fingerprint density at radius 3 is 2.29 bits per heavy atom. The predicted molar refractivity (Wildman–Crippen MR) is 32.1 cm³/mol. The van der Waals surface area contributed by atoms with Crippen LogP contribution in [0.5, 0.6) is 0 Å². The SMILES string of the molecule is CCCCC(C)=[OH+]. The Labute approximate surface area is 44.7 Å². The normalized spacial score (nSPS) is 8.86. The fourth-order valence-electron chi connectivity index (χ4n) is 0.433. The van der Waals surface area contributed by atoms with Gasteiger partial charge in [0.2, 0.25) is 0 Å². The molecule has 1 heteroatoms. The van der Waals surface area contributed by atoms with Crippen molar-refractivity contribution in [3.63, 3.8) is 0 Å². The van der Waals surface area contributed by atoms with Crippen LogP contribution in [0.2, 0.25) is 0 Å². The maximum atomic E-state index is 8.60. The van der Waals surface area contributed by atoms with Crippen LogP contribution in [0.3, 0.4) is 0 Å². The third-order valence-electron chi connectivity index (χ3n) is 0.892. The van der Waals surface area contributed by atoms with Crippen molar-refractivity contribution >= 4 is 5.78 Å². The van der Waals surface area contributed by atoms with Gasteiger partial charge >= 0.3 is 0 Å². The summed E-state index contributed by atoms with van der Waals surface area (Å²) in [4.78, 5) is 8.60. The molecule has 1 nitrogen and oxygen atoms in total. The van der Waals surface area contributed by atoms with Crippen LogP contribution in [0, 0.1) is 0 Å². The molecular formula is C6H13O+. The average molecular weight is 101 g/mol. The maximum Gasteiger partial charge on any atom is 0.290 e. The van der Waals surface area contributed by atoms with Gasteiger partial charge in [-0.2, -0.15) is 0 Å². The lowest BCUT2D eigenvalue weighted by Crippen LogP contribution is -1.87. The van der Waals surface area contributed by atoms with Gasteiger partial charge in [-0.25, -0.2) is 0 Å². The van der Waals surface area contributed by atoms with Crippen LogP contribution in [0.15, 0.2) is 0 Å². The summed E-state index contributed by atoms with van der Waals surface area (Å²) < 4.78 is 0. The number of hydrogen-bond acceptors (Lipinski definition) is 0. The van der Waals surface area contributed by atoms with Crippen molar-refractivity contribution in [1.29, 1.82) is 0 Å². The highest BCUT2D eigenvalue weighted by molar-refractivity contribution is 5.76. The number of unbranched alkanes of at least 4 members (excludes halogenated alkanes) is 1. The Hall–Kier alpha value is -0.330. The lowest BCUT2D eigenvalue weighted by atomic mass is 10.2. The molecule has 0 aliphatic carbocycles. The fraction of sp³-hybridized carbons (Fsp3) is 0.833. The van der Waals surface area contributed by atoms with Gasteiger partial charge in [-0.1, -0.05) is 13.3 Å². The van der Waals surface area contributed by atoms with Crippen molar-refractivity contribution in [3.8, 4) is 0 Å². The van der Waals surface area contributed by atoms with Crippen LogP contribution in [0.1, 0.15) is 33.1 Å². The molecule has 0 saturated carbocycles. The van der Waals surface area contributed by atoms with Crippen molar-refractivity contribution in [2.24, 2.45) is 0 Å². The highest BCUT2D eigenvalue weighted by Gasteiger charge is 1.94. The quantitative estimate of drug-likeness (QED) is 0.483. The summed E-state index contributed by atoms with van der Waals surface area (Å²) in [6.07, 6.45) is 3.15. The Morgan fingerprint density at radius 2 is 2.14 bits per heavy atom. The summed E-state index contributed by atoms with van der Waals surface area (Å²) in [5.41, 5.74) is 0. The van der Waals surface area contributed by atoms with Gasteiger partial charge in [-0.3, -0.25) is 4.79 Å². The zero-order valence-corrected chi connectivity index (χ0v) is 5.07. The van der Waals surface area contributed by atoms with Gasteiger partial charge in [-0.15, -0.1) is 0 Å². The Morgan fingerprint density at radius 1 is 1.57 bits per heavy atom. The van der Waals surface area contributed by atoms with Gasteiger partial charge < -0.3 is 0 Å². The minimum atomic E-state index is 0.557. The van der Waals surface area contributed by atoms with Gasteiger partial charge in [0.25, 0.3) is 5.78 Å². The van der Waals surface area contributed by atoms with E-state index in [2.05, 4.69) is 6.92 Å². The van der Waals surface area contributed by atoms with Crippen molar-refractivity contribution in [1.82, 2.24) is 0 Å². The molecule has 0 aromatic carbocycles. The van der Waals surface area contributed by atoms with Crippen molar-refractivity contribution < 1.29 is 4.79 Å². The fourth-order valence-corrected chi connectivity index (χ4v) is 0.433. The summed E-state index contributed by atoms with van der Waals surface area (Å²) >= 11 is 0. The first-order chi connectivity index (χ1) is 3.27. The zero-order valence-electron chi connectivity index (χ0n) is 5.07. The van der Waals surface area contributed by atoms with E-state index < -0.39 is 0 Å². The molecule has 0 saturated heterocycles. The summed E-state index contributed by atoms with van der Waals surface area (Å²) in [6, 6.07) is 0. The third kappa shape index (κ3) is 5.67. The lowest BCUT2D eigenvalue weighted by molar-refractivity contribution is 0.644. The first kappa shape index (κ1) is 6.67. The van der Waals surface area contributed by atoms with Crippen molar-refractivity contribution in [2.75, 3.05) is 0 Å². The smallest absolute Gasteiger partial charge is 0.284 e. The molecule has 0 spiro atoms. The molecule has 0 fully saturated rings.